The van der Waals surface area contributed by atoms with Crippen LogP contribution in [0.1, 0.15) is 40.4 Å². The number of nitrogens with one attached hydrogen (secondary N) is 1. The van der Waals surface area contributed by atoms with E-state index in [2.05, 4.69) is 5.32 Å². The van der Waals surface area contributed by atoms with Crippen LogP contribution in [0.15, 0.2) is 103 Å². The zero-order chi connectivity index (χ0) is 37.2. The average Bonchev–Trinajstić information content (AvgIpc) is 3.55. The molecule has 270 valence electrons. The van der Waals surface area contributed by atoms with Crippen LogP contribution < -0.4 is 10.2 Å². The number of nitrogens with zero attached hydrogens (tertiary/aromatic N) is 3. The molecule has 2 aliphatic rings. The van der Waals surface area contributed by atoms with Gasteiger partial charge < -0.3 is 29.1 Å². The number of aliphatic hydroxyl groups is 1. The average molecular weight is 725 g/mol. The lowest BCUT2D eigenvalue weighted by Crippen LogP contribution is -2.45. The number of benzene rings is 4. The predicted octanol–water partition coefficient (Wildman–Crippen LogP) is 6.58. The van der Waals surface area contributed by atoms with Crippen LogP contribution in [0.4, 0.5) is 21.2 Å². The van der Waals surface area contributed by atoms with Crippen LogP contribution in [0, 0.1) is 16.0 Å². The number of ether oxygens (including phenoxy) is 1. The quantitative estimate of drug-likeness (QED) is 0.0728. The molecule has 1 spiro atoms. The Bertz CT molecular complexity index is 1960. The molecular formula is C39H41FN4O7Si. The summed E-state index contributed by atoms with van der Waals surface area (Å²) in [7, 11) is -3.65. The van der Waals surface area contributed by atoms with E-state index in [1.807, 2.05) is 36.4 Å². The van der Waals surface area contributed by atoms with Crippen molar-refractivity contribution in [2.75, 3.05) is 23.4 Å². The van der Waals surface area contributed by atoms with E-state index >= 15 is 4.11 Å². The fourth-order valence-electron chi connectivity index (χ4n) is 7.69. The highest BCUT2D eigenvalue weighted by Crippen LogP contribution is 2.60. The van der Waals surface area contributed by atoms with Gasteiger partial charge in [-0.05, 0) is 54.6 Å². The van der Waals surface area contributed by atoms with Crippen molar-refractivity contribution in [1.29, 1.82) is 0 Å². The van der Waals surface area contributed by atoms with Gasteiger partial charge in [0.1, 0.15) is 0 Å². The maximum atomic E-state index is 16.4. The van der Waals surface area contributed by atoms with Gasteiger partial charge in [0.25, 0.3) is 17.5 Å². The number of anilines is 2. The van der Waals surface area contributed by atoms with Gasteiger partial charge in [-0.3, -0.25) is 24.5 Å². The molecule has 13 heteroatoms. The number of rotatable bonds is 12. The van der Waals surface area contributed by atoms with Crippen LogP contribution in [-0.2, 0) is 33.0 Å². The second-order valence-corrected chi connectivity index (χ2v) is 17.7. The topological polar surface area (TPSA) is 142 Å². The summed E-state index contributed by atoms with van der Waals surface area (Å²) in [4.78, 5) is 55.7. The minimum absolute atomic E-state index is 0.0543. The normalized spacial score (nSPS) is 20.9. The van der Waals surface area contributed by atoms with Gasteiger partial charge in [-0.1, -0.05) is 67.6 Å². The molecule has 4 atom stereocenters. The molecule has 52 heavy (non-hydrogen) atoms. The zero-order valence-corrected chi connectivity index (χ0v) is 30.2. The number of nitro groups is 1. The summed E-state index contributed by atoms with van der Waals surface area (Å²) < 4.78 is 23.1. The highest BCUT2D eigenvalue weighted by atomic mass is 28.4. The van der Waals surface area contributed by atoms with Gasteiger partial charge in [-0.15, -0.1) is 0 Å². The number of halogens is 1. The van der Waals surface area contributed by atoms with E-state index in [-0.39, 0.29) is 55.7 Å². The second kappa shape index (κ2) is 14.8. The van der Waals surface area contributed by atoms with Crippen LogP contribution in [0.5, 0.6) is 0 Å². The number of fused-ring (bicyclic) bond motifs is 2. The van der Waals surface area contributed by atoms with Crippen LogP contribution in [0.25, 0.3) is 0 Å². The third-order valence-corrected chi connectivity index (χ3v) is 12.5. The minimum atomic E-state index is -3.65. The molecule has 2 heterocycles. The summed E-state index contributed by atoms with van der Waals surface area (Å²) in [6.07, 6.45) is -1.24. The molecule has 0 aromatic heterocycles. The third kappa shape index (κ3) is 7.11. The Morgan fingerprint density at radius 3 is 2.27 bits per heavy atom. The van der Waals surface area contributed by atoms with Gasteiger partial charge in [0, 0.05) is 53.5 Å². The van der Waals surface area contributed by atoms with Crippen molar-refractivity contribution in [3.8, 4) is 0 Å². The summed E-state index contributed by atoms with van der Waals surface area (Å²) in [5.41, 5.74) is 0.455. The summed E-state index contributed by atoms with van der Waals surface area (Å²) in [6.45, 7) is 4.85. The summed E-state index contributed by atoms with van der Waals surface area (Å²) in [5, 5.41) is 24.6. The van der Waals surface area contributed by atoms with E-state index in [0.29, 0.717) is 22.5 Å². The Morgan fingerprint density at radius 2 is 1.65 bits per heavy atom. The van der Waals surface area contributed by atoms with E-state index in [1.165, 1.54) is 41.1 Å². The van der Waals surface area contributed by atoms with E-state index in [9.17, 15) is 29.6 Å². The number of hydrogen-bond donors (Lipinski definition) is 2. The molecule has 1 saturated heterocycles. The lowest BCUT2D eigenvalue weighted by Gasteiger charge is -2.31. The van der Waals surface area contributed by atoms with Gasteiger partial charge in [0.2, 0.25) is 14.3 Å². The molecule has 2 aliphatic heterocycles. The third-order valence-electron chi connectivity index (χ3n) is 10.1. The first-order chi connectivity index (χ1) is 24.8. The smallest absolute Gasteiger partial charge is 0.269 e. The number of hydrogen-bond acceptors (Lipinski definition) is 7. The Kier molecular flexibility index (Phi) is 10.4. The maximum absolute atomic E-state index is 16.4. The summed E-state index contributed by atoms with van der Waals surface area (Å²) in [5.74, 6) is -1.90. The zero-order valence-electron chi connectivity index (χ0n) is 29.2. The Labute approximate surface area is 302 Å². The van der Waals surface area contributed by atoms with Gasteiger partial charge in [-0.2, -0.15) is 0 Å². The summed E-state index contributed by atoms with van der Waals surface area (Å²) >= 11 is 0. The predicted molar refractivity (Wildman–Crippen MR) is 197 cm³/mol. The minimum Gasteiger partial charge on any atom is -0.395 e. The first kappa shape index (κ1) is 36.5. The van der Waals surface area contributed by atoms with E-state index in [4.69, 9.17) is 4.74 Å². The molecule has 0 radical (unpaired) electrons. The molecule has 11 nitrogen and oxygen atoms in total. The number of carbonyl (C=O) groups excluding carboxylic acids is 3. The van der Waals surface area contributed by atoms with Gasteiger partial charge in [0.15, 0.2) is 5.60 Å². The molecule has 0 aliphatic carbocycles. The fraction of sp³-hybridized carbons (Fsp3) is 0.308. The Balaban J connectivity index is 1.31. The molecule has 4 aromatic carbocycles. The van der Waals surface area contributed by atoms with Crippen molar-refractivity contribution in [3.63, 3.8) is 0 Å². The molecule has 0 unspecified atom stereocenters. The molecule has 2 N–H and O–H groups in total. The Hall–Kier alpha value is -5.24. The Morgan fingerprint density at radius 1 is 1.00 bits per heavy atom. The summed E-state index contributed by atoms with van der Waals surface area (Å²) in [6, 6.07) is 29.2. The first-order valence-corrected chi connectivity index (χ1v) is 20.1. The van der Waals surface area contributed by atoms with Crippen molar-refractivity contribution in [2.24, 2.45) is 5.92 Å². The monoisotopic (exact) mass is 724 g/mol. The SMILES string of the molecule is C[C@H]1[C@H]([Si](C)(C)F)[C@@H](CC(=O)N(CCO)Cc2ccccc2)O[C@]12C(=O)N(Cc1ccc(NC(=O)c3ccccc3)cc1)c1ccc([N+](=O)[O-])cc12. The fourth-order valence-corrected chi connectivity index (χ4v) is 10.2. The number of amides is 3. The van der Waals surface area contributed by atoms with Gasteiger partial charge >= 0.3 is 0 Å². The largest absolute Gasteiger partial charge is 0.395 e. The number of non-ortho nitro benzene ring substituents is 1. The van der Waals surface area contributed by atoms with E-state index in [1.54, 1.807) is 55.5 Å². The standard InChI is InChI=1S/C39H41FN4O7Si/c1-26-36(52(2,3)40)34(23-35(46)42(20-21-45)24-27-10-6-4-7-11-27)51-39(26)32-22-31(44(49)50)18-19-33(32)43(38(39)48)25-28-14-16-30(17-15-28)41-37(47)29-12-8-5-9-13-29/h4-19,22,26,34,36,45H,20-21,23-25H2,1-3H3,(H,41,47)/t26-,34+,36-,39+/m0/s1. The van der Waals surface area contributed by atoms with Crippen LogP contribution in [0.3, 0.4) is 0 Å². The lowest BCUT2D eigenvalue weighted by atomic mass is 9.82. The van der Waals surface area contributed by atoms with Crippen molar-refractivity contribution in [1.82, 2.24) is 4.90 Å². The van der Waals surface area contributed by atoms with Gasteiger partial charge in [-0.25, -0.2) is 0 Å². The van der Waals surface area contributed by atoms with Crippen molar-refractivity contribution in [3.05, 3.63) is 135 Å². The highest BCUT2D eigenvalue weighted by molar-refractivity contribution is 6.72. The molecule has 0 bridgehead atoms. The molecule has 0 saturated carbocycles. The van der Waals surface area contributed by atoms with Crippen molar-refractivity contribution in [2.45, 2.75) is 56.8 Å². The molecule has 1 fully saturated rings. The van der Waals surface area contributed by atoms with E-state index in [0.717, 1.165) is 5.56 Å². The molecular weight excluding hydrogens is 684 g/mol. The molecule has 6 rings (SSSR count). The molecule has 3 amide bonds. The number of aliphatic hydroxyl groups excluding tert-OH is 1. The first-order valence-electron chi connectivity index (χ1n) is 17.2. The lowest BCUT2D eigenvalue weighted by molar-refractivity contribution is -0.385. The number of nitro benzene ring substituents is 1. The molecule has 4 aromatic rings. The number of carbonyl (C=O) groups is 3. The van der Waals surface area contributed by atoms with Crippen LogP contribution in [0.2, 0.25) is 18.6 Å². The maximum Gasteiger partial charge on any atom is 0.269 e. The van der Waals surface area contributed by atoms with Crippen molar-refractivity contribution < 1.29 is 33.3 Å². The van der Waals surface area contributed by atoms with Crippen molar-refractivity contribution >= 4 is 43.2 Å². The highest BCUT2D eigenvalue weighted by Gasteiger charge is 2.67. The van der Waals surface area contributed by atoms with Crippen LogP contribution >= 0.6 is 0 Å². The van der Waals surface area contributed by atoms with E-state index < -0.39 is 42.4 Å². The van der Waals surface area contributed by atoms with Gasteiger partial charge in [0.05, 0.1) is 36.3 Å². The second-order valence-electron chi connectivity index (χ2n) is 13.9. The van der Waals surface area contributed by atoms with Crippen LogP contribution in [-0.4, -0.2) is 60.3 Å².